The lowest BCUT2D eigenvalue weighted by molar-refractivity contribution is -0.266. The number of esters is 3. The number of rotatable bonds is 14. The van der Waals surface area contributed by atoms with Gasteiger partial charge >= 0.3 is 17.9 Å². The molecule has 0 aromatic carbocycles. The predicted octanol–water partition coefficient (Wildman–Crippen LogP) is 7.58. The van der Waals surface area contributed by atoms with Gasteiger partial charge in [0.2, 0.25) is 0 Å². The normalized spacial score (nSPS) is 42.0. The van der Waals surface area contributed by atoms with E-state index in [0.29, 0.717) is 38.5 Å². The average molecular weight is 753 g/mol. The number of allylic oxidation sites excluding steroid dienone is 5. The van der Waals surface area contributed by atoms with Gasteiger partial charge in [-0.3, -0.25) is 14.4 Å². The quantitative estimate of drug-likeness (QED) is 0.0931. The van der Waals surface area contributed by atoms with Crippen molar-refractivity contribution >= 4 is 17.9 Å². The molecule has 0 spiro atoms. The maximum Gasteiger partial charge on any atom is 0.306 e. The van der Waals surface area contributed by atoms with Crippen LogP contribution in [0.25, 0.3) is 0 Å². The first-order valence-electron chi connectivity index (χ1n) is 20.4. The van der Waals surface area contributed by atoms with Crippen LogP contribution in [0, 0.1) is 50.2 Å². The molecule has 302 valence electrons. The molecular weight excluding hydrogens is 684 g/mol. The lowest BCUT2D eigenvalue weighted by atomic mass is 9.33. The summed E-state index contributed by atoms with van der Waals surface area (Å²) in [6, 6.07) is 0. The van der Waals surface area contributed by atoms with E-state index in [-0.39, 0.29) is 67.0 Å². The van der Waals surface area contributed by atoms with Crippen LogP contribution in [-0.4, -0.2) is 70.9 Å². The van der Waals surface area contributed by atoms with Gasteiger partial charge in [0.1, 0.15) is 12.7 Å². The zero-order valence-electron chi connectivity index (χ0n) is 33.9. The maximum atomic E-state index is 13.3. The topological polar surface area (TPSA) is 140 Å². The number of carbonyl (C=O) groups excluding carboxylic acids is 3. The number of hydrogen-bond donors (Lipinski definition) is 3. The summed E-state index contributed by atoms with van der Waals surface area (Å²) in [5.74, 6) is -1.20. The molecule has 5 aliphatic rings. The second-order valence-corrected chi connectivity index (χ2v) is 19.1. The van der Waals surface area contributed by atoms with E-state index in [4.69, 9.17) is 14.2 Å². The van der Waals surface area contributed by atoms with Crippen molar-refractivity contribution in [1.29, 1.82) is 0 Å². The highest BCUT2D eigenvalue weighted by Crippen LogP contribution is 2.76. The Labute approximate surface area is 323 Å². The van der Waals surface area contributed by atoms with Crippen LogP contribution in [0.4, 0.5) is 0 Å². The van der Waals surface area contributed by atoms with E-state index in [1.807, 2.05) is 13.8 Å². The minimum atomic E-state index is -1.26. The van der Waals surface area contributed by atoms with Crippen molar-refractivity contribution < 1.29 is 43.9 Å². The molecule has 0 aromatic rings. The van der Waals surface area contributed by atoms with Crippen molar-refractivity contribution in [2.24, 2.45) is 50.2 Å². The van der Waals surface area contributed by atoms with Gasteiger partial charge in [-0.1, -0.05) is 71.4 Å². The molecule has 12 atom stereocenters. The fourth-order valence-electron chi connectivity index (χ4n) is 12.5. The Hall–Kier alpha value is -2.75. The van der Waals surface area contributed by atoms with Gasteiger partial charge in [0.05, 0.1) is 30.3 Å². The lowest BCUT2D eigenvalue weighted by Crippen LogP contribution is -2.72. The summed E-state index contributed by atoms with van der Waals surface area (Å²) in [6.07, 6.45) is 10.2. The van der Waals surface area contributed by atoms with Crippen molar-refractivity contribution in [1.82, 2.24) is 0 Å². The second-order valence-electron chi connectivity index (χ2n) is 19.1. The minimum absolute atomic E-state index is 0.0880. The molecule has 0 aliphatic heterocycles. The zero-order valence-corrected chi connectivity index (χ0v) is 33.9. The van der Waals surface area contributed by atoms with Crippen LogP contribution in [-0.2, 0) is 28.6 Å². The summed E-state index contributed by atoms with van der Waals surface area (Å²) in [4.78, 5) is 39.1. The van der Waals surface area contributed by atoms with E-state index >= 15 is 0 Å². The van der Waals surface area contributed by atoms with Crippen LogP contribution in [0.1, 0.15) is 125 Å². The molecule has 4 fully saturated rings. The molecule has 0 radical (unpaired) electrons. The van der Waals surface area contributed by atoms with Crippen LogP contribution in [0.2, 0.25) is 0 Å². The minimum Gasteiger partial charge on any atom is -0.465 e. The SMILES string of the molecule is C=CCCC(=O)OC[C@@]12C(CC(C)(C)[C@@H](O)[C@@H]1OC(=O)CCC=C)C1=CCC3[C@@]4(C)CC[C@H](O)[C@](C)(COC(=O)CCC=C)C4CC[C@@]3(C)[C@]1(C)C[C@H]2O. The van der Waals surface area contributed by atoms with Crippen LogP contribution in [0.3, 0.4) is 0 Å². The molecule has 3 N–H and O–H groups in total. The summed E-state index contributed by atoms with van der Waals surface area (Å²) in [7, 11) is 0. The van der Waals surface area contributed by atoms with Crippen LogP contribution < -0.4 is 0 Å². The van der Waals surface area contributed by atoms with E-state index < -0.39 is 58.0 Å². The summed E-state index contributed by atoms with van der Waals surface area (Å²) in [6.45, 7) is 24.3. The Morgan fingerprint density at radius 2 is 1.33 bits per heavy atom. The van der Waals surface area contributed by atoms with Crippen molar-refractivity contribution in [2.75, 3.05) is 13.2 Å². The first-order valence-corrected chi connectivity index (χ1v) is 20.4. The highest BCUT2D eigenvalue weighted by molar-refractivity contribution is 5.71. The highest BCUT2D eigenvalue weighted by atomic mass is 16.6. The van der Waals surface area contributed by atoms with Gasteiger partial charge < -0.3 is 29.5 Å². The maximum absolute atomic E-state index is 13.3. The van der Waals surface area contributed by atoms with Crippen molar-refractivity contribution in [3.05, 3.63) is 49.6 Å². The summed E-state index contributed by atoms with van der Waals surface area (Å²) in [5, 5.41) is 36.3. The van der Waals surface area contributed by atoms with Crippen LogP contribution in [0.5, 0.6) is 0 Å². The molecule has 5 rings (SSSR count). The Morgan fingerprint density at radius 3 is 1.93 bits per heavy atom. The summed E-state index contributed by atoms with van der Waals surface area (Å²) in [5.41, 5.74) is -2.26. The standard InChI is InChI=1S/C45H68O9/c1-10-13-16-35(48)52-27-42(7)31-21-24-43(8)32(41(31,6)23-22-33(42)46)20-19-29-30-25-40(4,5)38(51)39(54-37(50)18-15-12-3)45(30,34(47)26-44(29,43)9)28-53-36(49)17-14-11-2/h10-12,19,30-34,38-39,46-47,51H,1-3,13-18,20-28H2,4-9H3/t30?,31?,32?,33-,34+,38-,39-,41-,42+,43+,44+,45-/m0/s1. The third kappa shape index (κ3) is 6.86. The van der Waals surface area contributed by atoms with Crippen LogP contribution in [0.15, 0.2) is 49.6 Å². The zero-order chi connectivity index (χ0) is 39.9. The first kappa shape index (κ1) is 42.4. The average Bonchev–Trinajstić information content (AvgIpc) is 3.11. The molecule has 3 unspecified atom stereocenters. The molecule has 0 bridgehead atoms. The molecule has 9 nitrogen and oxygen atoms in total. The van der Waals surface area contributed by atoms with E-state index in [1.54, 1.807) is 18.2 Å². The van der Waals surface area contributed by atoms with Crippen molar-refractivity contribution in [3.8, 4) is 0 Å². The molecule has 9 heteroatoms. The fourth-order valence-corrected chi connectivity index (χ4v) is 12.5. The lowest BCUT2D eigenvalue weighted by Gasteiger charge is -2.72. The van der Waals surface area contributed by atoms with Gasteiger partial charge in [0, 0.05) is 24.7 Å². The second kappa shape index (κ2) is 15.7. The largest absolute Gasteiger partial charge is 0.465 e. The molecular formula is C45H68O9. The monoisotopic (exact) mass is 752 g/mol. The molecule has 4 saturated carbocycles. The Kier molecular flexibility index (Phi) is 12.3. The number of aliphatic hydroxyl groups excluding tert-OH is 3. The van der Waals surface area contributed by atoms with Gasteiger partial charge in [0.15, 0.2) is 0 Å². The predicted molar refractivity (Wildman–Crippen MR) is 208 cm³/mol. The number of aliphatic hydroxyl groups is 3. The summed E-state index contributed by atoms with van der Waals surface area (Å²) >= 11 is 0. The van der Waals surface area contributed by atoms with Gasteiger partial charge in [0.25, 0.3) is 0 Å². The molecule has 0 aromatic heterocycles. The molecule has 5 aliphatic carbocycles. The van der Waals surface area contributed by atoms with E-state index in [1.165, 1.54) is 5.57 Å². The first-order chi connectivity index (χ1) is 25.3. The Morgan fingerprint density at radius 1 is 0.759 bits per heavy atom. The number of carbonyl (C=O) groups is 3. The highest BCUT2D eigenvalue weighted by Gasteiger charge is 2.73. The van der Waals surface area contributed by atoms with E-state index in [0.717, 1.165) is 25.7 Å². The molecule has 54 heavy (non-hydrogen) atoms. The van der Waals surface area contributed by atoms with E-state index in [9.17, 15) is 29.7 Å². The third-order valence-corrected chi connectivity index (χ3v) is 15.8. The van der Waals surface area contributed by atoms with Gasteiger partial charge in [-0.2, -0.15) is 0 Å². The number of fused-ring (bicyclic) bond motifs is 7. The number of hydrogen-bond acceptors (Lipinski definition) is 9. The number of ether oxygens (including phenoxy) is 3. The molecule has 0 amide bonds. The van der Waals surface area contributed by atoms with Crippen molar-refractivity contribution in [2.45, 2.75) is 149 Å². The van der Waals surface area contributed by atoms with Gasteiger partial charge in [-0.15, -0.1) is 19.7 Å². The smallest absolute Gasteiger partial charge is 0.306 e. The Bertz CT molecular complexity index is 1500. The van der Waals surface area contributed by atoms with Gasteiger partial charge in [-0.05, 0) is 104 Å². The molecule has 0 saturated heterocycles. The Balaban J connectivity index is 1.57. The van der Waals surface area contributed by atoms with Crippen molar-refractivity contribution in [3.63, 3.8) is 0 Å². The van der Waals surface area contributed by atoms with Crippen LogP contribution >= 0.6 is 0 Å². The third-order valence-electron chi connectivity index (χ3n) is 15.8. The molecule has 0 heterocycles. The van der Waals surface area contributed by atoms with E-state index in [2.05, 4.69) is 53.5 Å². The van der Waals surface area contributed by atoms with Gasteiger partial charge in [-0.25, -0.2) is 0 Å². The summed E-state index contributed by atoms with van der Waals surface area (Å²) < 4.78 is 18.1. The fraction of sp³-hybridized carbons (Fsp3) is 0.756.